The predicted octanol–water partition coefficient (Wildman–Crippen LogP) is 1.54. The van der Waals surface area contributed by atoms with Gasteiger partial charge in [0.25, 0.3) is 0 Å². The largest absolute Gasteiger partial charge is 0.508 e. The van der Waals surface area contributed by atoms with E-state index in [2.05, 4.69) is 15.9 Å². The van der Waals surface area contributed by atoms with Crippen LogP contribution in [0.1, 0.15) is 18.5 Å². The Morgan fingerprint density at radius 2 is 2.08 bits per heavy atom. The molecule has 0 saturated carbocycles. The van der Waals surface area contributed by atoms with Crippen LogP contribution in [0.5, 0.6) is 5.75 Å². The summed E-state index contributed by atoms with van der Waals surface area (Å²) in [7, 11) is 0. The fraction of sp³-hybridized carbons (Fsp3) is 0.333. The summed E-state index contributed by atoms with van der Waals surface area (Å²) in [5.41, 5.74) is 6.22. The molecule has 4 N–H and O–H groups in total. The van der Waals surface area contributed by atoms with Crippen molar-refractivity contribution in [3.8, 4) is 5.75 Å². The minimum atomic E-state index is -0.674. The normalized spacial score (nSPS) is 15.4. The Balaban J connectivity index is 3.01. The second-order valence-corrected chi connectivity index (χ2v) is 3.89. The van der Waals surface area contributed by atoms with Crippen molar-refractivity contribution in [1.82, 2.24) is 0 Å². The maximum atomic E-state index is 9.49. The molecule has 4 heteroatoms. The lowest BCUT2D eigenvalue weighted by atomic mass is 10.0. The van der Waals surface area contributed by atoms with E-state index in [0.29, 0.717) is 5.56 Å². The molecule has 72 valence electrons. The van der Waals surface area contributed by atoms with E-state index in [4.69, 9.17) is 5.73 Å². The van der Waals surface area contributed by atoms with Crippen molar-refractivity contribution in [3.05, 3.63) is 28.2 Å². The number of hydrogen-bond donors (Lipinski definition) is 3. The highest BCUT2D eigenvalue weighted by Gasteiger charge is 2.15. The molecule has 0 saturated heterocycles. The van der Waals surface area contributed by atoms with Crippen molar-refractivity contribution in [2.45, 2.75) is 19.1 Å². The summed E-state index contributed by atoms with van der Waals surface area (Å²) in [6, 6.07) is 4.47. The third kappa shape index (κ3) is 2.43. The van der Waals surface area contributed by atoms with Gasteiger partial charge in [-0.15, -0.1) is 0 Å². The summed E-state index contributed by atoms with van der Waals surface area (Å²) in [5, 5.41) is 18.7. The van der Waals surface area contributed by atoms with Crippen LogP contribution in [0.4, 0.5) is 0 Å². The first kappa shape index (κ1) is 10.5. The first-order chi connectivity index (χ1) is 6.02. The van der Waals surface area contributed by atoms with Gasteiger partial charge in [0, 0.05) is 10.0 Å². The summed E-state index contributed by atoms with van der Waals surface area (Å²) in [5.74, 6) is 0.0998. The van der Waals surface area contributed by atoms with Crippen LogP contribution in [0.3, 0.4) is 0 Å². The molecule has 1 aromatic carbocycles. The lowest BCUT2D eigenvalue weighted by molar-refractivity contribution is 0.163. The molecule has 0 aliphatic rings. The fourth-order valence-corrected chi connectivity index (χ4v) is 1.41. The molecule has 0 bridgehead atoms. The molecular formula is C9H12BrNO2. The molecule has 0 heterocycles. The van der Waals surface area contributed by atoms with E-state index in [1.54, 1.807) is 25.1 Å². The highest BCUT2D eigenvalue weighted by molar-refractivity contribution is 9.10. The standard InChI is InChI=1S/C9H12BrNO2/c1-5(12)9(11)7-3-2-6(10)4-8(7)13/h2-5,9,12-13H,11H2,1H3. The van der Waals surface area contributed by atoms with Crippen molar-refractivity contribution >= 4 is 15.9 Å². The zero-order valence-electron chi connectivity index (χ0n) is 7.24. The van der Waals surface area contributed by atoms with Gasteiger partial charge < -0.3 is 15.9 Å². The molecule has 2 atom stereocenters. The highest BCUT2D eigenvalue weighted by atomic mass is 79.9. The molecule has 2 unspecified atom stereocenters. The molecule has 0 amide bonds. The summed E-state index contributed by atoms with van der Waals surface area (Å²) in [4.78, 5) is 0. The lowest BCUT2D eigenvalue weighted by Crippen LogP contribution is -2.23. The molecule has 3 nitrogen and oxygen atoms in total. The topological polar surface area (TPSA) is 66.5 Å². The van der Waals surface area contributed by atoms with Crippen molar-refractivity contribution in [1.29, 1.82) is 0 Å². The fourth-order valence-electron chi connectivity index (χ4n) is 1.06. The number of phenols is 1. The van der Waals surface area contributed by atoms with E-state index in [-0.39, 0.29) is 5.75 Å². The molecule has 0 spiro atoms. The summed E-state index contributed by atoms with van der Waals surface area (Å²) < 4.78 is 0.784. The van der Waals surface area contributed by atoms with Crippen LogP contribution in [0.2, 0.25) is 0 Å². The Labute approximate surface area is 85.3 Å². The Bertz CT molecular complexity index is 302. The third-order valence-corrected chi connectivity index (χ3v) is 2.36. The summed E-state index contributed by atoms with van der Waals surface area (Å²) in [6.45, 7) is 1.59. The van der Waals surface area contributed by atoms with Crippen LogP contribution in [-0.4, -0.2) is 16.3 Å². The molecule has 0 fully saturated rings. The molecule has 1 rings (SSSR count). The number of rotatable bonds is 2. The van der Waals surface area contributed by atoms with Crippen molar-refractivity contribution in [2.75, 3.05) is 0 Å². The van der Waals surface area contributed by atoms with E-state index in [1.807, 2.05) is 0 Å². The van der Waals surface area contributed by atoms with Crippen LogP contribution in [0.15, 0.2) is 22.7 Å². The van der Waals surface area contributed by atoms with Crippen LogP contribution in [-0.2, 0) is 0 Å². The molecule has 1 aromatic rings. The zero-order valence-corrected chi connectivity index (χ0v) is 8.82. The first-order valence-electron chi connectivity index (χ1n) is 3.94. The lowest BCUT2D eigenvalue weighted by Gasteiger charge is -2.16. The molecule has 13 heavy (non-hydrogen) atoms. The van der Waals surface area contributed by atoms with Gasteiger partial charge in [0.1, 0.15) is 5.75 Å². The number of halogens is 1. The number of benzene rings is 1. The second kappa shape index (κ2) is 4.09. The van der Waals surface area contributed by atoms with Gasteiger partial charge in [-0.1, -0.05) is 22.0 Å². The average Bonchev–Trinajstić information content (AvgIpc) is 2.03. The number of aliphatic hydroxyl groups excluding tert-OH is 1. The molecule has 0 aliphatic heterocycles. The maximum Gasteiger partial charge on any atom is 0.121 e. The highest BCUT2D eigenvalue weighted by Crippen LogP contribution is 2.27. The van der Waals surface area contributed by atoms with Crippen LogP contribution in [0, 0.1) is 0 Å². The van der Waals surface area contributed by atoms with E-state index in [1.165, 1.54) is 0 Å². The van der Waals surface area contributed by atoms with E-state index in [9.17, 15) is 10.2 Å². The van der Waals surface area contributed by atoms with Crippen molar-refractivity contribution in [3.63, 3.8) is 0 Å². The number of phenolic OH excluding ortho intramolecular Hbond substituents is 1. The third-order valence-electron chi connectivity index (χ3n) is 1.87. The average molecular weight is 246 g/mol. The molecule has 0 aromatic heterocycles. The molecule has 0 aliphatic carbocycles. The Morgan fingerprint density at radius 3 is 2.54 bits per heavy atom. The Kier molecular flexibility index (Phi) is 3.30. The number of aliphatic hydroxyl groups is 1. The number of nitrogens with two attached hydrogens (primary N) is 1. The first-order valence-corrected chi connectivity index (χ1v) is 4.73. The quantitative estimate of drug-likeness (QED) is 0.741. The summed E-state index contributed by atoms with van der Waals surface area (Å²) >= 11 is 3.22. The van der Waals surface area contributed by atoms with Crippen LogP contribution < -0.4 is 5.73 Å². The van der Waals surface area contributed by atoms with Crippen molar-refractivity contribution in [2.24, 2.45) is 5.73 Å². The van der Waals surface area contributed by atoms with Gasteiger partial charge in [-0.3, -0.25) is 0 Å². The summed E-state index contributed by atoms with van der Waals surface area (Å²) in [6.07, 6.45) is -0.674. The van der Waals surface area contributed by atoms with Gasteiger partial charge in [0.2, 0.25) is 0 Å². The number of aromatic hydroxyl groups is 1. The van der Waals surface area contributed by atoms with Gasteiger partial charge in [0.15, 0.2) is 0 Å². The zero-order chi connectivity index (χ0) is 10.0. The Morgan fingerprint density at radius 1 is 1.46 bits per heavy atom. The smallest absolute Gasteiger partial charge is 0.121 e. The maximum absolute atomic E-state index is 9.49. The van der Waals surface area contributed by atoms with E-state index in [0.717, 1.165) is 4.47 Å². The molecule has 0 radical (unpaired) electrons. The van der Waals surface area contributed by atoms with Crippen LogP contribution >= 0.6 is 15.9 Å². The minimum Gasteiger partial charge on any atom is -0.508 e. The van der Waals surface area contributed by atoms with Crippen LogP contribution in [0.25, 0.3) is 0 Å². The van der Waals surface area contributed by atoms with Crippen molar-refractivity contribution < 1.29 is 10.2 Å². The second-order valence-electron chi connectivity index (χ2n) is 2.97. The van der Waals surface area contributed by atoms with Gasteiger partial charge in [-0.25, -0.2) is 0 Å². The van der Waals surface area contributed by atoms with Gasteiger partial charge in [-0.05, 0) is 19.1 Å². The van der Waals surface area contributed by atoms with E-state index < -0.39 is 12.1 Å². The van der Waals surface area contributed by atoms with Gasteiger partial charge in [-0.2, -0.15) is 0 Å². The van der Waals surface area contributed by atoms with Gasteiger partial charge in [0.05, 0.1) is 12.1 Å². The minimum absolute atomic E-state index is 0.0998. The Hall–Kier alpha value is -0.580. The predicted molar refractivity (Wildman–Crippen MR) is 54.4 cm³/mol. The monoisotopic (exact) mass is 245 g/mol. The number of hydrogen-bond acceptors (Lipinski definition) is 3. The SMILES string of the molecule is CC(O)C(N)c1ccc(Br)cc1O. The molecular weight excluding hydrogens is 234 g/mol. The van der Waals surface area contributed by atoms with Gasteiger partial charge >= 0.3 is 0 Å². The van der Waals surface area contributed by atoms with E-state index >= 15 is 0 Å².